The van der Waals surface area contributed by atoms with Crippen molar-refractivity contribution in [2.24, 2.45) is 0 Å². The van der Waals surface area contributed by atoms with Gasteiger partial charge in [0.2, 0.25) is 6.33 Å². The molecule has 0 radical (unpaired) electrons. The predicted molar refractivity (Wildman–Crippen MR) is 159 cm³/mol. The second-order valence-electron chi connectivity index (χ2n) is 11.0. The lowest BCUT2D eigenvalue weighted by molar-refractivity contribution is -0.721. The highest BCUT2D eigenvalue weighted by atomic mass is 15.2. The largest absolute Gasteiger partial charge is 0.246 e. The lowest BCUT2D eigenvalue weighted by Gasteiger charge is -2.29. The summed E-state index contributed by atoms with van der Waals surface area (Å²) in [7, 11) is 0. The minimum absolute atomic E-state index is 0.287. The van der Waals surface area contributed by atoms with Crippen molar-refractivity contribution in [1.82, 2.24) is 4.57 Å². The third-order valence-corrected chi connectivity index (χ3v) is 9.55. The van der Waals surface area contributed by atoms with Gasteiger partial charge < -0.3 is 0 Å². The minimum atomic E-state index is -0.287. The average Bonchev–Trinajstić information content (AvgIpc) is 3.63. The second-order valence-corrected chi connectivity index (χ2v) is 11.0. The van der Waals surface area contributed by atoms with Gasteiger partial charge in [-0.3, -0.25) is 0 Å². The molecule has 0 atom stereocenters. The molecule has 2 aliphatic carbocycles. The molecule has 2 aliphatic rings. The third-order valence-electron chi connectivity index (χ3n) is 9.55. The van der Waals surface area contributed by atoms with E-state index in [-0.39, 0.29) is 11.1 Å². The molecule has 2 heteroatoms. The van der Waals surface area contributed by atoms with Crippen molar-refractivity contribution < 1.29 is 4.57 Å². The zero-order valence-corrected chi connectivity index (χ0v) is 22.4. The summed E-state index contributed by atoms with van der Waals surface area (Å²) in [6, 6.07) is 45.0. The Kier molecular flexibility index (Phi) is 4.65. The number of fused-ring (bicyclic) bond motifs is 7. The Labute approximate surface area is 229 Å². The van der Waals surface area contributed by atoms with Crippen molar-refractivity contribution in [3.63, 3.8) is 0 Å². The second kappa shape index (κ2) is 8.04. The van der Waals surface area contributed by atoms with Gasteiger partial charge in [0.1, 0.15) is 0 Å². The number of hydrogen-bond donors (Lipinski definition) is 0. The Morgan fingerprint density at radius 2 is 0.949 bits per heavy atom. The summed E-state index contributed by atoms with van der Waals surface area (Å²) in [5.41, 5.74) is 12.9. The van der Waals surface area contributed by atoms with Crippen LogP contribution >= 0.6 is 0 Å². The van der Waals surface area contributed by atoms with Gasteiger partial charge in [0, 0.05) is 22.3 Å². The van der Waals surface area contributed by atoms with Gasteiger partial charge in [-0.15, -0.1) is 0 Å². The zero-order chi connectivity index (χ0) is 26.2. The standard InChI is InChI=1S/C37H31N2/c1-3-36(30-19-9-5-15-26(30)27-16-6-10-20-31(27)36)38-25-39(35-24-14-13-23-34(35)38)37(4-2)32-21-11-7-17-28(32)29-18-8-12-22-33(29)37/h5-25H,3-4H2,1-2H3/q+1. The fraction of sp³-hybridized carbons (Fsp3) is 0.162. The van der Waals surface area contributed by atoms with Crippen LogP contribution in [0.3, 0.4) is 0 Å². The van der Waals surface area contributed by atoms with Crippen molar-refractivity contribution in [3.8, 4) is 22.3 Å². The quantitative estimate of drug-likeness (QED) is 0.214. The van der Waals surface area contributed by atoms with Gasteiger partial charge in [-0.25, -0.2) is 9.13 Å². The van der Waals surface area contributed by atoms with E-state index in [0.29, 0.717) is 0 Å². The van der Waals surface area contributed by atoms with E-state index >= 15 is 0 Å². The number of rotatable bonds is 4. The van der Waals surface area contributed by atoms with E-state index in [0.717, 1.165) is 12.8 Å². The molecule has 0 spiro atoms. The van der Waals surface area contributed by atoms with Gasteiger partial charge in [-0.1, -0.05) is 123 Å². The average molecular weight is 504 g/mol. The molecule has 0 saturated heterocycles. The zero-order valence-electron chi connectivity index (χ0n) is 22.4. The molecule has 0 fully saturated rings. The highest BCUT2D eigenvalue weighted by molar-refractivity contribution is 5.84. The summed E-state index contributed by atoms with van der Waals surface area (Å²) in [4.78, 5) is 0. The van der Waals surface area contributed by atoms with E-state index < -0.39 is 0 Å². The molecule has 8 rings (SSSR count). The highest BCUT2D eigenvalue weighted by Crippen LogP contribution is 2.53. The number of hydrogen-bond acceptors (Lipinski definition) is 0. The Morgan fingerprint density at radius 3 is 1.46 bits per heavy atom. The molecule has 0 saturated carbocycles. The maximum Gasteiger partial charge on any atom is 0.246 e. The van der Waals surface area contributed by atoms with Crippen LogP contribution in [0.2, 0.25) is 0 Å². The summed E-state index contributed by atoms with van der Waals surface area (Å²) < 4.78 is 5.18. The minimum Gasteiger partial charge on any atom is -0.216 e. The van der Waals surface area contributed by atoms with Crippen LogP contribution in [0, 0.1) is 0 Å². The van der Waals surface area contributed by atoms with Crippen molar-refractivity contribution in [3.05, 3.63) is 150 Å². The molecule has 0 amide bonds. The van der Waals surface area contributed by atoms with Crippen LogP contribution in [0.5, 0.6) is 0 Å². The van der Waals surface area contributed by atoms with Crippen LogP contribution in [-0.2, 0) is 11.1 Å². The normalized spacial score (nSPS) is 15.5. The third kappa shape index (κ3) is 2.64. The van der Waals surface area contributed by atoms with Gasteiger partial charge in [0.15, 0.2) is 22.1 Å². The van der Waals surface area contributed by atoms with E-state index in [9.17, 15) is 0 Å². The van der Waals surface area contributed by atoms with Crippen LogP contribution in [0.15, 0.2) is 128 Å². The van der Waals surface area contributed by atoms with E-state index in [4.69, 9.17) is 0 Å². The number of imidazole rings is 1. The first kappa shape index (κ1) is 22.5. The molecule has 6 aromatic rings. The fourth-order valence-electron chi connectivity index (χ4n) is 7.95. The van der Waals surface area contributed by atoms with Gasteiger partial charge in [0.25, 0.3) is 0 Å². The summed E-state index contributed by atoms with van der Waals surface area (Å²) in [6.07, 6.45) is 4.37. The Hall–Kier alpha value is -4.43. The van der Waals surface area contributed by atoms with Crippen LogP contribution in [0.1, 0.15) is 48.9 Å². The Bertz CT molecular complexity index is 1680. The first-order valence-electron chi connectivity index (χ1n) is 14.2. The first-order chi connectivity index (χ1) is 19.3. The van der Waals surface area contributed by atoms with Crippen LogP contribution in [0.25, 0.3) is 33.3 Å². The van der Waals surface area contributed by atoms with Crippen LogP contribution in [0.4, 0.5) is 0 Å². The van der Waals surface area contributed by atoms with Gasteiger partial charge in [-0.05, 0) is 47.2 Å². The first-order valence-corrected chi connectivity index (χ1v) is 14.2. The SMILES string of the molecule is CCC1(n2c[n+](C3(CC)c4ccccc4-c4ccccc43)c3ccccc32)c2ccccc2-c2ccccc21. The predicted octanol–water partition coefficient (Wildman–Crippen LogP) is 8.29. The molecular weight excluding hydrogens is 472 g/mol. The van der Waals surface area contributed by atoms with Crippen LogP contribution in [-0.4, -0.2) is 4.57 Å². The molecule has 0 aliphatic heterocycles. The number of nitrogens with zero attached hydrogens (tertiary/aromatic N) is 2. The molecule has 39 heavy (non-hydrogen) atoms. The topological polar surface area (TPSA) is 8.81 Å². The van der Waals surface area contributed by atoms with Crippen LogP contribution < -0.4 is 4.57 Å². The summed E-state index contributed by atoms with van der Waals surface area (Å²) >= 11 is 0. The molecule has 1 aromatic heterocycles. The maximum atomic E-state index is 2.59. The number of aromatic nitrogens is 2. The van der Waals surface area contributed by atoms with Crippen molar-refractivity contribution in [2.45, 2.75) is 37.8 Å². The van der Waals surface area contributed by atoms with Crippen molar-refractivity contribution >= 4 is 11.0 Å². The molecule has 0 N–H and O–H groups in total. The number of para-hydroxylation sites is 2. The highest BCUT2D eigenvalue weighted by Gasteiger charge is 2.52. The Morgan fingerprint density at radius 1 is 0.513 bits per heavy atom. The summed E-state index contributed by atoms with van der Waals surface area (Å²) in [6.45, 7) is 4.68. The van der Waals surface area contributed by atoms with E-state index in [2.05, 4.69) is 151 Å². The number of benzene rings is 5. The van der Waals surface area contributed by atoms with Gasteiger partial charge >= 0.3 is 0 Å². The summed E-state index contributed by atoms with van der Waals surface area (Å²) in [5.74, 6) is 0. The summed E-state index contributed by atoms with van der Waals surface area (Å²) in [5, 5.41) is 0. The maximum absolute atomic E-state index is 2.59. The molecule has 5 aromatic carbocycles. The monoisotopic (exact) mass is 503 g/mol. The Balaban J connectivity index is 1.51. The van der Waals surface area contributed by atoms with Crippen molar-refractivity contribution in [2.75, 3.05) is 0 Å². The fourth-order valence-corrected chi connectivity index (χ4v) is 7.95. The lowest BCUT2D eigenvalue weighted by atomic mass is 9.84. The molecular formula is C37H31N2+. The molecule has 0 unspecified atom stereocenters. The van der Waals surface area contributed by atoms with Gasteiger partial charge in [0.05, 0.1) is 0 Å². The van der Waals surface area contributed by atoms with E-state index in [1.807, 2.05) is 0 Å². The van der Waals surface area contributed by atoms with E-state index in [1.165, 1.54) is 55.5 Å². The van der Waals surface area contributed by atoms with E-state index in [1.54, 1.807) is 0 Å². The van der Waals surface area contributed by atoms with Crippen molar-refractivity contribution in [1.29, 1.82) is 0 Å². The smallest absolute Gasteiger partial charge is 0.216 e. The van der Waals surface area contributed by atoms with Gasteiger partial charge in [-0.2, -0.15) is 0 Å². The molecule has 1 heterocycles. The molecule has 188 valence electrons. The molecule has 2 nitrogen and oxygen atoms in total. The lowest BCUT2D eigenvalue weighted by Crippen LogP contribution is -2.56. The molecule has 0 bridgehead atoms.